The number of thiazole rings is 1. The van der Waals surface area contributed by atoms with Gasteiger partial charge in [0.15, 0.2) is 5.82 Å². The number of nitrogens with zero attached hydrogens (tertiary/aromatic N) is 3. The topological polar surface area (TPSA) is 50.7 Å². The van der Waals surface area contributed by atoms with E-state index < -0.39 is 0 Å². The Bertz CT molecular complexity index is 514. The number of aryl methyl sites for hydroxylation is 1. The van der Waals surface area contributed by atoms with Crippen molar-refractivity contribution in [3.63, 3.8) is 0 Å². The summed E-state index contributed by atoms with van der Waals surface area (Å²) in [5.74, 6) is 0.767. The van der Waals surface area contributed by atoms with Gasteiger partial charge in [0.25, 0.3) is 0 Å². The molecule has 0 amide bonds. The van der Waals surface area contributed by atoms with Gasteiger partial charge in [-0.3, -0.25) is 4.98 Å². The van der Waals surface area contributed by atoms with E-state index in [-0.39, 0.29) is 5.54 Å². The summed E-state index contributed by atoms with van der Waals surface area (Å²) in [6.07, 6.45) is 1.81. The highest BCUT2D eigenvalue weighted by atomic mass is 32.1. The van der Waals surface area contributed by atoms with E-state index >= 15 is 0 Å². The molecule has 0 radical (unpaired) electrons. The van der Waals surface area contributed by atoms with Crippen molar-refractivity contribution in [3.05, 3.63) is 29.2 Å². The molecule has 0 spiro atoms. The molecular weight excluding hydrogens is 244 g/mol. The summed E-state index contributed by atoms with van der Waals surface area (Å²) in [4.78, 5) is 14.1. The van der Waals surface area contributed by atoms with Crippen LogP contribution in [0, 0.1) is 6.92 Å². The molecule has 0 aliphatic carbocycles. The van der Waals surface area contributed by atoms with Gasteiger partial charge in [-0.05, 0) is 33.8 Å². The van der Waals surface area contributed by atoms with Crippen molar-refractivity contribution in [3.8, 4) is 10.7 Å². The van der Waals surface area contributed by atoms with E-state index in [1.54, 1.807) is 23.0 Å². The fourth-order valence-corrected chi connectivity index (χ4v) is 2.07. The van der Waals surface area contributed by atoms with Crippen LogP contribution in [0.1, 0.15) is 32.2 Å². The Labute approximate surface area is 112 Å². The first-order valence-corrected chi connectivity index (χ1v) is 6.80. The van der Waals surface area contributed by atoms with Crippen LogP contribution in [0.3, 0.4) is 0 Å². The fourth-order valence-electron chi connectivity index (χ4n) is 1.52. The van der Waals surface area contributed by atoms with Crippen LogP contribution < -0.4 is 5.32 Å². The van der Waals surface area contributed by atoms with Gasteiger partial charge in [0.2, 0.25) is 0 Å². The van der Waals surface area contributed by atoms with Crippen LogP contribution in [-0.4, -0.2) is 20.5 Å². The maximum Gasteiger partial charge on any atom is 0.171 e. The molecular formula is C13H18N4S. The number of hydrogen-bond donors (Lipinski definition) is 1. The van der Waals surface area contributed by atoms with Gasteiger partial charge in [-0.25, -0.2) is 9.97 Å². The summed E-state index contributed by atoms with van der Waals surface area (Å²) in [6.45, 7) is 9.17. The number of aromatic nitrogens is 3. The predicted molar refractivity (Wildman–Crippen MR) is 74.5 cm³/mol. The third kappa shape index (κ3) is 3.58. The summed E-state index contributed by atoms with van der Waals surface area (Å²) in [6, 6.07) is 2.02. The summed E-state index contributed by atoms with van der Waals surface area (Å²) in [5.41, 5.74) is 3.89. The Balaban J connectivity index is 2.22. The van der Waals surface area contributed by atoms with E-state index in [0.717, 1.165) is 28.6 Å². The summed E-state index contributed by atoms with van der Waals surface area (Å²) >= 11 is 1.56. The summed E-state index contributed by atoms with van der Waals surface area (Å²) in [7, 11) is 0. The van der Waals surface area contributed by atoms with E-state index in [4.69, 9.17) is 0 Å². The molecule has 18 heavy (non-hydrogen) atoms. The van der Waals surface area contributed by atoms with Gasteiger partial charge in [0.05, 0.1) is 16.1 Å². The quantitative estimate of drug-likeness (QED) is 0.924. The van der Waals surface area contributed by atoms with Crippen LogP contribution in [0.25, 0.3) is 10.7 Å². The molecule has 0 saturated carbocycles. The van der Waals surface area contributed by atoms with Crippen molar-refractivity contribution < 1.29 is 0 Å². The molecule has 0 unspecified atom stereocenters. The lowest BCUT2D eigenvalue weighted by Gasteiger charge is -2.20. The lowest BCUT2D eigenvalue weighted by atomic mass is 10.1. The van der Waals surface area contributed by atoms with Crippen LogP contribution in [0.15, 0.2) is 17.8 Å². The van der Waals surface area contributed by atoms with Gasteiger partial charge in [0.1, 0.15) is 0 Å². The predicted octanol–water partition coefficient (Wildman–Crippen LogP) is 2.80. The second-order valence-electron chi connectivity index (χ2n) is 5.29. The highest BCUT2D eigenvalue weighted by molar-refractivity contribution is 7.13. The second kappa shape index (κ2) is 5.12. The van der Waals surface area contributed by atoms with Gasteiger partial charge in [0, 0.05) is 24.0 Å². The molecule has 0 bridgehead atoms. The van der Waals surface area contributed by atoms with Crippen molar-refractivity contribution in [1.82, 2.24) is 20.3 Å². The summed E-state index contributed by atoms with van der Waals surface area (Å²) < 4.78 is 0. The molecule has 4 nitrogen and oxygen atoms in total. The van der Waals surface area contributed by atoms with Gasteiger partial charge in [-0.15, -0.1) is 11.3 Å². The molecule has 96 valence electrons. The molecule has 0 aliphatic heterocycles. The van der Waals surface area contributed by atoms with Crippen LogP contribution in [0.4, 0.5) is 0 Å². The lowest BCUT2D eigenvalue weighted by molar-refractivity contribution is 0.421. The number of rotatable bonds is 3. The fraction of sp³-hybridized carbons (Fsp3) is 0.462. The van der Waals surface area contributed by atoms with Crippen LogP contribution in [0.2, 0.25) is 0 Å². The SMILES string of the molecule is Cc1cc(CNC(C)(C)C)nc(-c2cncs2)n1. The van der Waals surface area contributed by atoms with E-state index in [9.17, 15) is 0 Å². The van der Waals surface area contributed by atoms with Crippen molar-refractivity contribution in [2.75, 3.05) is 0 Å². The van der Waals surface area contributed by atoms with Crippen molar-refractivity contribution in [1.29, 1.82) is 0 Å². The maximum atomic E-state index is 4.58. The van der Waals surface area contributed by atoms with Crippen molar-refractivity contribution in [2.24, 2.45) is 0 Å². The molecule has 2 aromatic rings. The average Bonchev–Trinajstić information content (AvgIpc) is 2.78. The lowest BCUT2D eigenvalue weighted by Crippen LogP contribution is -2.35. The van der Waals surface area contributed by atoms with Gasteiger partial charge in [-0.2, -0.15) is 0 Å². The van der Waals surface area contributed by atoms with E-state index in [0.29, 0.717) is 0 Å². The van der Waals surface area contributed by atoms with E-state index in [2.05, 4.69) is 41.0 Å². The molecule has 2 heterocycles. The standard InChI is InChI=1S/C13H18N4S/c1-9-5-10(6-15-13(2,3)4)17-12(16-9)11-7-14-8-18-11/h5,7-8,15H,6H2,1-4H3. The Hall–Kier alpha value is -1.33. The van der Waals surface area contributed by atoms with Crippen molar-refractivity contribution in [2.45, 2.75) is 39.8 Å². The zero-order valence-corrected chi connectivity index (χ0v) is 12.0. The Morgan fingerprint density at radius 2 is 2.06 bits per heavy atom. The smallest absolute Gasteiger partial charge is 0.171 e. The van der Waals surface area contributed by atoms with Crippen LogP contribution in [0.5, 0.6) is 0 Å². The van der Waals surface area contributed by atoms with Crippen LogP contribution in [-0.2, 0) is 6.54 Å². The largest absolute Gasteiger partial charge is 0.306 e. The summed E-state index contributed by atoms with van der Waals surface area (Å²) in [5, 5.41) is 3.44. The highest BCUT2D eigenvalue weighted by Gasteiger charge is 2.11. The average molecular weight is 262 g/mol. The molecule has 0 aromatic carbocycles. The zero-order valence-electron chi connectivity index (χ0n) is 11.2. The van der Waals surface area contributed by atoms with E-state index in [1.165, 1.54) is 0 Å². The maximum absolute atomic E-state index is 4.58. The Morgan fingerprint density at radius 3 is 2.67 bits per heavy atom. The Morgan fingerprint density at radius 1 is 1.28 bits per heavy atom. The normalized spacial score (nSPS) is 11.8. The minimum Gasteiger partial charge on any atom is -0.306 e. The first-order valence-electron chi connectivity index (χ1n) is 5.92. The molecule has 0 atom stereocenters. The van der Waals surface area contributed by atoms with E-state index in [1.807, 2.05) is 13.0 Å². The first kappa shape index (κ1) is 13.1. The number of hydrogen-bond acceptors (Lipinski definition) is 5. The molecule has 0 fully saturated rings. The molecule has 2 aromatic heterocycles. The molecule has 0 aliphatic rings. The monoisotopic (exact) mass is 262 g/mol. The van der Waals surface area contributed by atoms with Crippen molar-refractivity contribution >= 4 is 11.3 Å². The minimum atomic E-state index is 0.0868. The van der Waals surface area contributed by atoms with Gasteiger partial charge < -0.3 is 5.32 Å². The van der Waals surface area contributed by atoms with Crippen LogP contribution >= 0.6 is 11.3 Å². The van der Waals surface area contributed by atoms with Gasteiger partial charge >= 0.3 is 0 Å². The molecule has 0 saturated heterocycles. The molecule has 1 N–H and O–H groups in total. The minimum absolute atomic E-state index is 0.0868. The molecule has 2 rings (SSSR count). The molecule has 5 heteroatoms. The Kier molecular flexibility index (Phi) is 3.73. The second-order valence-corrected chi connectivity index (χ2v) is 6.18. The first-order chi connectivity index (χ1) is 8.44. The third-order valence-corrected chi connectivity index (χ3v) is 3.13. The van der Waals surface area contributed by atoms with Gasteiger partial charge in [-0.1, -0.05) is 0 Å². The highest BCUT2D eigenvalue weighted by Crippen LogP contribution is 2.19. The third-order valence-electron chi connectivity index (χ3n) is 2.36. The number of nitrogens with one attached hydrogen (secondary N) is 1. The zero-order chi connectivity index (χ0) is 13.2.